The van der Waals surface area contributed by atoms with E-state index in [0.29, 0.717) is 6.26 Å². The molecule has 16 heavy (non-hydrogen) atoms. The summed E-state index contributed by atoms with van der Waals surface area (Å²) in [6.07, 6.45) is 7.76. The van der Waals surface area contributed by atoms with Crippen LogP contribution < -0.4 is 0 Å². The molecule has 0 aromatic carbocycles. The summed E-state index contributed by atoms with van der Waals surface area (Å²) in [5, 5.41) is 0. The van der Waals surface area contributed by atoms with Gasteiger partial charge in [-0.15, -0.1) is 0 Å². The lowest BCUT2D eigenvalue weighted by Crippen LogP contribution is -2.48. The Hall–Kier alpha value is -0.130. The van der Waals surface area contributed by atoms with Crippen LogP contribution in [0.1, 0.15) is 39.0 Å². The van der Waals surface area contributed by atoms with Crippen molar-refractivity contribution >= 4 is 10.1 Å². The minimum Gasteiger partial charge on any atom is -0.748 e. The van der Waals surface area contributed by atoms with Crippen LogP contribution in [-0.2, 0) is 10.1 Å². The zero-order chi connectivity index (χ0) is 12.7. The molecular weight excluding hydrogens is 226 g/mol. The Labute approximate surface area is 100.0 Å². The standard InChI is InChI=1S/C10H22N.CH4O3S/c1-3-4-8-11(2)9-6-5-7-10-11;1-5(2,3)4/h3-10H2,1-2H3;1H3,(H,2,3,4)/q+1;/p-1. The first-order valence-electron chi connectivity index (χ1n) is 6.01. The fraction of sp³-hybridized carbons (Fsp3) is 1.00. The third-order valence-electron chi connectivity index (χ3n) is 2.95. The van der Waals surface area contributed by atoms with Crippen LogP contribution in [0.3, 0.4) is 0 Å². The first kappa shape index (κ1) is 15.9. The molecule has 5 heteroatoms. The molecule has 98 valence electrons. The van der Waals surface area contributed by atoms with E-state index >= 15 is 0 Å². The first-order chi connectivity index (χ1) is 7.27. The van der Waals surface area contributed by atoms with Crippen molar-refractivity contribution < 1.29 is 17.5 Å². The lowest BCUT2D eigenvalue weighted by atomic mass is 10.1. The van der Waals surface area contributed by atoms with E-state index in [-0.39, 0.29) is 0 Å². The van der Waals surface area contributed by atoms with Gasteiger partial charge in [-0.25, -0.2) is 8.42 Å². The number of hydrogen-bond acceptors (Lipinski definition) is 3. The zero-order valence-corrected chi connectivity index (χ0v) is 11.6. The van der Waals surface area contributed by atoms with E-state index in [0.717, 1.165) is 0 Å². The van der Waals surface area contributed by atoms with Crippen molar-refractivity contribution in [3.05, 3.63) is 0 Å². The molecule has 0 aromatic heterocycles. The molecule has 0 atom stereocenters. The molecule has 0 unspecified atom stereocenters. The monoisotopic (exact) mass is 251 g/mol. The van der Waals surface area contributed by atoms with Crippen LogP contribution in [0.5, 0.6) is 0 Å². The highest BCUT2D eigenvalue weighted by atomic mass is 32.2. The molecule has 1 rings (SSSR count). The SMILES string of the molecule is CCCC[N+]1(C)CCCCC1.CS(=O)(=O)[O-]. The molecule has 0 bridgehead atoms. The van der Waals surface area contributed by atoms with Gasteiger partial charge in [0.05, 0.1) is 36.8 Å². The summed E-state index contributed by atoms with van der Waals surface area (Å²) >= 11 is 0. The highest BCUT2D eigenvalue weighted by Gasteiger charge is 2.23. The number of hydrogen-bond donors (Lipinski definition) is 0. The predicted molar refractivity (Wildman–Crippen MR) is 65.2 cm³/mol. The number of rotatable bonds is 3. The van der Waals surface area contributed by atoms with Crippen molar-refractivity contribution in [3.8, 4) is 0 Å². The largest absolute Gasteiger partial charge is 0.748 e. The maximum absolute atomic E-state index is 9.08. The summed E-state index contributed by atoms with van der Waals surface area (Å²) in [5.41, 5.74) is 0. The minimum absolute atomic E-state index is 0.604. The highest BCUT2D eigenvalue weighted by molar-refractivity contribution is 7.84. The van der Waals surface area contributed by atoms with Crippen molar-refractivity contribution in [1.29, 1.82) is 0 Å². The molecule has 0 amide bonds. The normalized spacial score (nSPS) is 19.8. The van der Waals surface area contributed by atoms with Crippen molar-refractivity contribution in [2.24, 2.45) is 0 Å². The zero-order valence-electron chi connectivity index (χ0n) is 10.7. The van der Waals surface area contributed by atoms with E-state index < -0.39 is 10.1 Å². The topological polar surface area (TPSA) is 57.2 Å². The van der Waals surface area contributed by atoms with Gasteiger partial charge in [-0.2, -0.15) is 0 Å². The van der Waals surface area contributed by atoms with E-state index in [9.17, 15) is 0 Å². The van der Waals surface area contributed by atoms with Crippen LogP contribution >= 0.6 is 0 Å². The van der Waals surface area contributed by atoms with Crippen molar-refractivity contribution in [2.75, 3.05) is 32.9 Å². The van der Waals surface area contributed by atoms with Crippen LogP contribution in [0.4, 0.5) is 0 Å². The first-order valence-corrected chi connectivity index (χ1v) is 7.83. The van der Waals surface area contributed by atoms with Crippen LogP contribution in [0.25, 0.3) is 0 Å². The van der Waals surface area contributed by atoms with E-state index in [2.05, 4.69) is 14.0 Å². The lowest BCUT2D eigenvalue weighted by Gasteiger charge is -2.37. The Morgan fingerprint density at radius 3 is 2.00 bits per heavy atom. The molecule has 1 heterocycles. The summed E-state index contributed by atoms with van der Waals surface area (Å²) in [6.45, 7) is 6.56. The van der Waals surface area contributed by atoms with Gasteiger partial charge in [-0.1, -0.05) is 13.3 Å². The molecule has 1 aliphatic heterocycles. The molecule has 4 nitrogen and oxygen atoms in total. The number of likely N-dealkylation sites (tertiary alicyclic amines) is 1. The second-order valence-corrected chi connectivity index (χ2v) is 6.32. The van der Waals surface area contributed by atoms with Gasteiger partial charge in [-0.3, -0.25) is 0 Å². The lowest BCUT2D eigenvalue weighted by molar-refractivity contribution is -0.914. The Morgan fingerprint density at radius 2 is 1.62 bits per heavy atom. The molecule has 1 aliphatic rings. The number of nitrogens with zero attached hydrogens (tertiary/aromatic N) is 1. The molecule has 0 saturated carbocycles. The van der Waals surface area contributed by atoms with Crippen molar-refractivity contribution in [1.82, 2.24) is 0 Å². The maximum Gasteiger partial charge on any atom is 0.0916 e. The molecule has 0 spiro atoms. The Morgan fingerprint density at radius 1 is 1.19 bits per heavy atom. The summed E-state index contributed by atoms with van der Waals surface area (Å²) in [5.74, 6) is 0. The van der Waals surface area contributed by atoms with Gasteiger partial charge in [0.2, 0.25) is 0 Å². The smallest absolute Gasteiger partial charge is 0.0916 e. The third kappa shape index (κ3) is 10.4. The van der Waals surface area contributed by atoms with Crippen LogP contribution in [0.2, 0.25) is 0 Å². The van der Waals surface area contributed by atoms with E-state index in [1.807, 2.05) is 0 Å². The van der Waals surface area contributed by atoms with Gasteiger partial charge >= 0.3 is 0 Å². The highest BCUT2D eigenvalue weighted by Crippen LogP contribution is 2.16. The average molecular weight is 251 g/mol. The van der Waals surface area contributed by atoms with E-state index in [1.54, 1.807) is 0 Å². The molecule has 0 aromatic rings. The second kappa shape index (κ2) is 7.25. The van der Waals surface area contributed by atoms with E-state index in [4.69, 9.17) is 13.0 Å². The summed E-state index contributed by atoms with van der Waals surface area (Å²) in [6, 6.07) is 0. The molecule has 0 N–H and O–H groups in total. The third-order valence-corrected chi connectivity index (χ3v) is 2.95. The van der Waals surface area contributed by atoms with Crippen molar-refractivity contribution in [2.45, 2.75) is 39.0 Å². The quantitative estimate of drug-likeness (QED) is 0.565. The van der Waals surface area contributed by atoms with Crippen LogP contribution in [-0.4, -0.2) is 50.4 Å². The summed E-state index contributed by atoms with van der Waals surface area (Å²) in [7, 11) is -1.49. The Balaban J connectivity index is 0.000000385. The molecule has 1 saturated heterocycles. The Kier molecular flexibility index (Phi) is 7.19. The number of unbranched alkanes of at least 4 members (excludes halogenated alkanes) is 1. The van der Waals surface area contributed by atoms with Gasteiger partial charge in [0, 0.05) is 6.26 Å². The van der Waals surface area contributed by atoms with Crippen LogP contribution in [0, 0.1) is 0 Å². The van der Waals surface area contributed by atoms with E-state index in [1.165, 1.54) is 56.2 Å². The summed E-state index contributed by atoms with van der Waals surface area (Å²) < 4.78 is 28.6. The number of quaternary nitrogens is 1. The maximum atomic E-state index is 9.08. The number of piperidine rings is 1. The predicted octanol–water partition coefficient (Wildman–Crippen LogP) is 1.58. The Bertz CT molecular complexity index is 261. The fourth-order valence-electron chi connectivity index (χ4n) is 2.04. The molecule has 0 radical (unpaired) electrons. The van der Waals surface area contributed by atoms with Crippen molar-refractivity contribution in [3.63, 3.8) is 0 Å². The fourth-order valence-corrected chi connectivity index (χ4v) is 2.04. The average Bonchev–Trinajstić information content (AvgIpc) is 2.13. The van der Waals surface area contributed by atoms with Gasteiger partial charge in [0.15, 0.2) is 0 Å². The molecule has 1 fully saturated rings. The summed E-state index contributed by atoms with van der Waals surface area (Å²) in [4.78, 5) is 0. The molecular formula is C11H25NO3S. The van der Waals surface area contributed by atoms with Gasteiger partial charge in [-0.05, 0) is 25.7 Å². The van der Waals surface area contributed by atoms with Gasteiger partial charge < -0.3 is 9.04 Å². The van der Waals surface area contributed by atoms with Gasteiger partial charge in [0.25, 0.3) is 0 Å². The molecule has 0 aliphatic carbocycles. The minimum atomic E-state index is -3.92. The second-order valence-electron chi connectivity index (χ2n) is 4.91. The van der Waals surface area contributed by atoms with Gasteiger partial charge in [0.1, 0.15) is 0 Å². The van der Waals surface area contributed by atoms with Crippen LogP contribution in [0.15, 0.2) is 0 Å².